The summed E-state index contributed by atoms with van der Waals surface area (Å²) in [5.41, 5.74) is 2.18. The normalized spacial score (nSPS) is 18.6. The van der Waals surface area contributed by atoms with Crippen LogP contribution in [0.2, 0.25) is 5.02 Å². The van der Waals surface area contributed by atoms with Gasteiger partial charge in [0, 0.05) is 21.3 Å². The summed E-state index contributed by atoms with van der Waals surface area (Å²) in [6.07, 6.45) is 4.42. The average Bonchev–Trinajstić information content (AvgIpc) is 2.77. The van der Waals surface area contributed by atoms with Crippen LogP contribution >= 0.6 is 23.4 Å². The van der Waals surface area contributed by atoms with Crippen LogP contribution in [-0.2, 0) is 14.4 Å². The smallest absolute Gasteiger partial charge is 0.307 e. The number of amides is 2. The second-order valence-corrected chi connectivity index (χ2v) is 9.54. The molecule has 0 radical (unpaired) electrons. The van der Waals surface area contributed by atoms with E-state index in [-0.39, 0.29) is 17.1 Å². The number of carboxylic acids is 1. The number of allylic oxidation sites excluding steroid dienone is 2. The van der Waals surface area contributed by atoms with Crippen LogP contribution in [0.25, 0.3) is 0 Å². The van der Waals surface area contributed by atoms with E-state index in [1.165, 1.54) is 11.8 Å². The summed E-state index contributed by atoms with van der Waals surface area (Å²) in [7, 11) is 0. The summed E-state index contributed by atoms with van der Waals surface area (Å²) < 4.78 is 0. The zero-order chi connectivity index (χ0) is 23.3. The number of nitrogens with one attached hydrogen (secondary N) is 2. The highest BCUT2D eigenvalue weighted by molar-refractivity contribution is 8.00. The predicted molar refractivity (Wildman–Crippen MR) is 128 cm³/mol. The average molecular weight is 473 g/mol. The van der Waals surface area contributed by atoms with Crippen molar-refractivity contribution in [2.45, 2.75) is 36.8 Å². The third-order valence-electron chi connectivity index (χ3n) is 5.33. The van der Waals surface area contributed by atoms with Crippen LogP contribution in [0.4, 0.5) is 11.4 Å². The van der Waals surface area contributed by atoms with Gasteiger partial charge in [-0.05, 0) is 68.7 Å². The summed E-state index contributed by atoms with van der Waals surface area (Å²) in [6, 6.07) is 12.5. The minimum absolute atomic E-state index is 0.141. The first-order chi connectivity index (χ1) is 15.2. The number of halogens is 1. The molecule has 0 saturated carbocycles. The number of carbonyl (C=O) groups excluding carboxylic acids is 2. The first-order valence-electron chi connectivity index (χ1n) is 10.3. The molecule has 0 bridgehead atoms. The van der Waals surface area contributed by atoms with Crippen LogP contribution in [0, 0.1) is 18.8 Å². The van der Waals surface area contributed by atoms with Gasteiger partial charge in [-0.25, -0.2) is 0 Å². The van der Waals surface area contributed by atoms with Gasteiger partial charge in [-0.15, -0.1) is 11.8 Å². The lowest BCUT2D eigenvalue weighted by atomic mass is 9.82. The fourth-order valence-electron chi connectivity index (χ4n) is 3.40. The molecule has 1 aliphatic rings. The van der Waals surface area contributed by atoms with E-state index in [9.17, 15) is 19.5 Å². The van der Waals surface area contributed by atoms with Crippen molar-refractivity contribution in [2.75, 3.05) is 10.6 Å². The van der Waals surface area contributed by atoms with Gasteiger partial charge >= 0.3 is 5.97 Å². The van der Waals surface area contributed by atoms with E-state index in [1.54, 1.807) is 24.3 Å². The Hall–Kier alpha value is -2.77. The van der Waals surface area contributed by atoms with Crippen LogP contribution in [0.5, 0.6) is 0 Å². The molecule has 2 aromatic carbocycles. The monoisotopic (exact) mass is 472 g/mol. The maximum Gasteiger partial charge on any atom is 0.307 e. The summed E-state index contributed by atoms with van der Waals surface area (Å²) in [4.78, 5) is 37.4. The molecule has 3 unspecified atom stereocenters. The number of hydrogen-bond acceptors (Lipinski definition) is 4. The molecule has 0 saturated heterocycles. The lowest BCUT2D eigenvalue weighted by Crippen LogP contribution is -2.34. The molecular formula is C24H25ClN2O4S. The molecule has 2 aromatic rings. The molecule has 32 heavy (non-hydrogen) atoms. The minimum atomic E-state index is -0.957. The van der Waals surface area contributed by atoms with Crippen molar-refractivity contribution in [3.8, 4) is 0 Å². The van der Waals surface area contributed by atoms with Crippen LogP contribution in [0.15, 0.2) is 59.5 Å². The molecule has 2 amide bonds. The SMILES string of the molecule is Cc1ccc(NC(=O)C(C)Sc2ccc(NC(=O)C3CC=CCC3C(=O)O)cc2)cc1Cl. The number of rotatable bonds is 7. The van der Waals surface area contributed by atoms with Gasteiger partial charge in [0.05, 0.1) is 17.1 Å². The van der Waals surface area contributed by atoms with Gasteiger partial charge in [0.1, 0.15) is 0 Å². The first-order valence-corrected chi connectivity index (χ1v) is 11.5. The molecule has 0 fully saturated rings. The maximum atomic E-state index is 12.6. The van der Waals surface area contributed by atoms with Crippen molar-refractivity contribution >= 4 is 52.5 Å². The van der Waals surface area contributed by atoms with Gasteiger partial charge in [-0.2, -0.15) is 0 Å². The van der Waals surface area contributed by atoms with Crippen molar-refractivity contribution in [1.29, 1.82) is 0 Å². The Morgan fingerprint density at radius 3 is 2.25 bits per heavy atom. The van der Waals surface area contributed by atoms with Gasteiger partial charge in [0.15, 0.2) is 0 Å². The number of anilines is 2. The molecule has 0 heterocycles. The fraction of sp³-hybridized carbons (Fsp3) is 0.292. The maximum absolute atomic E-state index is 12.6. The number of hydrogen-bond donors (Lipinski definition) is 3. The Morgan fingerprint density at radius 2 is 1.62 bits per heavy atom. The predicted octanol–water partition coefficient (Wildman–Crippen LogP) is 5.37. The lowest BCUT2D eigenvalue weighted by Gasteiger charge is -2.24. The van der Waals surface area contributed by atoms with E-state index in [0.29, 0.717) is 29.2 Å². The summed E-state index contributed by atoms with van der Waals surface area (Å²) >= 11 is 7.51. The minimum Gasteiger partial charge on any atom is -0.481 e. The molecule has 3 rings (SSSR count). The molecule has 6 nitrogen and oxygen atoms in total. The number of thioether (sulfide) groups is 1. The van der Waals surface area contributed by atoms with E-state index < -0.39 is 17.8 Å². The van der Waals surface area contributed by atoms with E-state index in [0.717, 1.165) is 10.5 Å². The highest BCUT2D eigenvalue weighted by Gasteiger charge is 2.33. The number of carboxylic acid groups (broad SMARTS) is 1. The van der Waals surface area contributed by atoms with Crippen LogP contribution < -0.4 is 10.6 Å². The molecule has 0 aromatic heterocycles. The second-order valence-electron chi connectivity index (χ2n) is 7.72. The first kappa shape index (κ1) is 23.9. The highest BCUT2D eigenvalue weighted by Crippen LogP contribution is 2.29. The fourth-order valence-corrected chi connectivity index (χ4v) is 4.45. The van der Waals surface area contributed by atoms with Crippen molar-refractivity contribution in [3.63, 3.8) is 0 Å². The number of aryl methyl sites for hydroxylation is 1. The third-order valence-corrected chi connectivity index (χ3v) is 6.85. The Kier molecular flexibility index (Phi) is 7.99. The molecule has 168 valence electrons. The van der Waals surface area contributed by atoms with Gasteiger partial charge in [0.2, 0.25) is 11.8 Å². The molecule has 3 N–H and O–H groups in total. The van der Waals surface area contributed by atoms with Gasteiger partial charge in [-0.3, -0.25) is 14.4 Å². The molecule has 0 aliphatic heterocycles. The zero-order valence-electron chi connectivity index (χ0n) is 17.8. The van der Waals surface area contributed by atoms with Gasteiger partial charge in [-0.1, -0.05) is 29.8 Å². The zero-order valence-corrected chi connectivity index (χ0v) is 19.4. The molecular weight excluding hydrogens is 448 g/mol. The lowest BCUT2D eigenvalue weighted by molar-refractivity contribution is -0.146. The van der Waals surface area contributed by atoms with Crippen LogP contribution in [0.1, 0.15) is 25.3 Å². The Balaban J connectivity index is 1.56. The Morgan fingerprint density at radius 1 is 1.00 bits per heavy atom. The standard InChI is InChI=1S/C24H25ClN2O4S/c1-14-7-8-17(13-21(14)25)27-22(28)15(2)32-18-11-9-16(10-12-18)26-23(29)19-5-3-4-6-20(19)24(30)31/h3-4,7-13,15,19-20H,5-6H2,1-2H3,(H,26,29)(H,27,28)(H,30,31). The number of carbonyl (C=O) groups is 3. The molecule has 0 spiro atoms. The van der Waals surface area contributed by atoms with Gasteiger partial charge in [0.25, 0.3) is 0 Å². The van der Waals surface area contributed by atoms with Gasteiger partial charge < -0.3 is 15.7 Å². The van der Waals surface area contributed by atoms with E-state index in [4.69, 9.17) is 11.6 Å². The quantitative estimate of drug-likeness (QED) is 0.371. The number of benzene rings is 2. The highest BCUT2D eigenvalue weighted by atomic mass is 35.5. The van der Waals surface area contributed by atoms with Crippen molar-refractivity contribution in [1.82, 2.24) is 0 Å². The van der Waals surface area contributed by atoms with E-state index in [2.05, 4.69) is 10.6 Å². The molecule has 1 aliphatic carbocycles. The Labute approximate surface area is 196 Å². The summed E-state index contributed by atoms with van der Waals surface area (Å²) in [6.45, 7) is 3.71. The van der Waals surface area contributed by atoms with E-state index >= 15 is 0 Å². The van der Waals surface area contributed by atoms with E-state index in [1.807, 2.05) is 44.2 Å². The third kappa shape index (κ3) is 6.14. The van der Waals surface area contributed by atoms with Crippen LogP contribution in [0.3, 0.4) is 0 Å². The second kappa shape index (κ2) is 10.7. The molecule has 8 heteroatoms. The Bertz CT molecular complexity index is 1040. The molecule has 3 atom stereocenters. The van der Waals surface area contributed by atoms with Crippen molar-refractivity contribution in [2.24, 2.45) is 11.8 Å². The van der Waals surface area contributed by atoms with Crippen molar-refractivity contribution < 1.29 is 19.5 Å². The van der Waals surface area contributed by atoms with Crippen molar-refractivity contribution in [3.05, 3.63) is 65.2 Å². The summed E-state index contributed by atoms with van der Waals surface area (Å²) in [5, 5.41) is 15.3. The number of aliphatic carboxylic acids is 1. The largest absolute Gasteiger partial charge is 0.481 e. The summed E-state index contributed by atoms with van der Waals surface area (Å²) in [5.74, 6) is -2.70. The van der Waals surface area contributed by atoms with Crippen LogP contribution in [-0.4, -0.2) is 28.1 Å². The topological polar surface area (TPSA) is 95.5 Å².